The van der Waals surface area contributed by atoms with Crippen molar-refractivity contribution in [2.24, 2.45) is 0 Å². The third kappa shape index (κ3) is 2.07. The molecule has 2 aromatic heterocycles. The summed E-state index contributed by atoms with van der Waals surface area (Å²) < 4.78 is 10.6. The average Bonchev–Trinajstić information content (AvgIpc) is 2.97. The first-order valence-electron chi connectivity index (χ1n) is 5.83. The number of aryl methyl sites for hydroxylation is 1. The quantitative estimate of drug-likeness (QED) is 0.738. The van der Waals surface area contributed by atoms with E-state index in [0.29, 0.717) is 26.9 Å². The van der Waals surface area contributed by atoms with Crippen LogP contribution in [0.25, 0.3) is 22.5 Å². The molecule has 102 valence electrons. The van der Waals surface area contributed by atoms with E-state index in [0.717, 1.165) is 11.3 Å². The molecule has 0 spiro atoms. The second kappa shape index (κ2) is 4.89. The molecule has 1 aromatic carbocycles. The zero-order chi connectivity index (χ0) is 14.3. The van der Waals surface area contributed by atoms with Crippen molar-refractivity contribution >= 4 is 29.0 Å². The predicted molar refractivity (Wildman–Crippen MR) is 78.8 cm³/mol. The standard InChI is InChI=1S/C14H10Cl2N2O2/c1-7-5-8(6-19-7)13-12(14(17)18-20-13)11-9(15)3-2-4-10(11)16/h2-6H,1H3,(H2,17,18). The van der Waals surface area contributed by atoms with Gasteiger partial charge in [-0.2, -0.15) is 0 Å². The molecule has 0 bridgehead atoms. The lowest BCUT2D eigenvalue weighted by Gasteiger charge is -2.06. The van der Waals surface area contributed by atoms with E-state index in [1.54, 1.807) is 24.5 Å². The highest BCUT2D eigenvalue weighted by Gasteiger charge is 2.22. The van der Waals surface area contributed by atoms with Gasteiger partial charge in [-0.25, -0.2) is 0 Å². The van der Waals surface area contributed by atoms with Crippen LogP contribution in [-0.4, -0.2) is 5.16 Å². The van der Waals surface area contributed by atoms with Crippen LogP contribution in [0.15, 0.2) is 39.5 Å². The number of aromatic nitrogens is 1. The lowest BCUT2D eigenvalue weighted by atomic mass is 10.0. The van der Waals surface area contributed by atoms with Crippen LogP contribution < -0.4 is 5.73 Å². The molecule has 0 aliphatic heterocycles. The summed E-state index contributed by atoms with van der Waals surface area (Å²) in [4.78, 5) is 0. The molecular formula is C14H10Cl2N2O2. The molecule has 20 heavy (non-hydrogen) atoms. The van der Waals surface area contributed by atoms with Gasteiger partial charge in [-0.15, -0.1) is 0 Å². The van der Waals surface area contributed by atoms with Crippen LogP contribution in [0.4, 0.5) is 5.82 Å². The molecule has 6 heteroatoms. The molecule has 0 fully saturated rings. The molecule has 0 aliphatic rings. The summed E-state index contributed by atoms with van der Waals surface area (Å²) in [5, 5.41) is 4.77. The number of rotatable bonds is 2. The highest BCUT2D eigenvalue weighted by Crippen LogP contribution is 2.43. The van der Waals surface area contributed by atoms with Crippen LogP contribution in [0.1, 0.15) is 5.76 Å². The van der Waals surface area contributed by atoms with Crippen LogP contribution in [0.2, 0.25) is 10.0 Å². The Bertz CT molecular complexity index is 757. The molecule has 0 radical (unpaired) electrons. The maximum Gasteiger partial charge on any atom is 0.180 e. The smallest absolute Gasteiger partial charge is 0.180 e. The largest absolute Gasteiger partial charge is 0.469 e. The third-order valence-electron chi connectivity index (χ3n) is 2.92. The maximum atomic E-state index is 6.22. The Morgan fingerprint density at radius 3 is 2.45 bits per heavy atom. The topological polar surface area (TPSA) is 65.2 Å². The Morgan fingerprint density at radius 1 is 1.15 bits per heavy atom. The minimum Gasteiger partial charge on any atom is -0.469 e. The predicted octanol–water partition coefficient (Wildman–Crippen LogP) is 4.80. The molecule has 3 aromatic rings. The number of nitrogens with zero attached hydrogens (tertiary/aromatic N) is 1. The van der Waals surface area contributed by atoms with Gasteiger partial charge in [0.05, 0.1) is 21.2 Å². The van der Waals surface area contributed by atoms with Crippen molar-refractivity contribution in [2.75, 3.05) is 5.73 Å². The Labute approximate surface area is 125 Å². The molecular weight excluding hydrogens is 299 g/mol. The van der Waals surface area contributed by atoms with Crippen LogP contribution in [0.5, 0.6) is 0 Å². The minimum absolute atomic E-state index is 0.230. The molecule has 0 aliphatic carbocycles. The van der Waals surface area contributed by atoms with Gasteiger partial charge < -0.3 is 14.7 Å². The Kier molecular flexibility index (Phi) is 3.20. The van der Waals surface area contributed by atoms with Crippen molar-refractivity contribution in [3.05, 3.63) is 46.3 Å². The second-order valence-electron chi connectivity index (χ2n) is 4.31. The SMILES string of the molecule is Cc1cc(-c2onc(N)c2-c2c(Cl)cccc2Cl)co1. The van der Waals surface area contributed by atoms with Gasteiger partial charge >= 0.3 is 0 Å². The number of nitrogen functional groups attached to an aromatic ring is 1. The van der Waals surface area contributed by atoms with Gasteiger partial charge in [0.25, 0.3) is 0 Å². The monoisotopic (exact) mass is 308 g/mol. The summed E-state index contributed by atoms with van der Waals surface area (Å²) in [6.07, 6.45) is 1.57. The average molecular weight is 309 g/mol. The first-order chi connectivity index (χ1) is 9.58. The molecule has 0 unspecified atom stereocenters. The molecule has 3 rings (SSSR count). The highest BCUT2D eigenvalue weighted by molar-refractivity contribution is 6.39. The van der Waals surface area contributed by atoms with Gasteiger partial charge in [0.1, 0.15) is 12.0 Å². The van der Waals surface area contributed by atoms with Crippen molar-refractivity contribution in [3.63, 3.8) is 0 Å². The molecule has 2 heterocycles. The van der Waals surface area contributed by atoms with Gasteiger partial charge in [0.2, 0.25) is 0 Å². The van der Waals surface area contributed by atoms with E-state index in [9.17, 15) is 0 Å². The number of hydrogen-bond donors (Lipinski definition) is 1. The van der Waals surface area contributed by atoms with Crippen molar-refractivity contribution in [2.45, 2.75) is 6.92 Å². The van der Waals surface area contributed by atoms with E-state index >= 15 is 0 Å². The molecule has 0 saturated heterocycles. The number of furan rings is 1. The van der Waals surface area contributed by atoms with E-state index in [1.165, 1.54) is 0 Å². The van der Waals surface area contributed by atoms with Gasteiger partial charge in [-0.05, 0) is 25.1 Å². The molecule has 0 amide bonds. The molecule has 0 atom stereocenters. The summed E-state index contributed by atoms with van der Waals surface area (Å²) in [5.74, 6) is 1.47. The van der Waals surface area contributed by atoms with Crippen molar-refractivity contribution < 1.29 is 8.94 Å². The van der Waals surface area contributed by atoms with Crippen molar-refractivity contribution in [3.8, 4) is 22.5 Å². The summed E-state index contributed by atoms with van der Waals surface area (Å²) in [7, 11) is 0. The van der Waals surface area contributed by atoms with Gasteiger partial charge in [0.15, 0.2) is 11.6 Å². The first kappa shape index (κ1) is 13.1. The summed E-state index contributed by atoms with van der Waals surface area (Å²) in [6.45, 7) is 1.84. The zero-order valence-electron chi connectivity index (χ0n) is 10.5. The number of anilines is 1. The highest BCUT2D eigenvalue weighted by atomic mass is 35.5. The van der Waals surface area contributed by atoms with Crippen LogP contribution >= 0.6 is 23.2 Å². The van der Waals surface area contributed by atoms with Gasteiger partial charge in [-0.3, -0.25) is 0 Å². The summed E-state index contributed by atoms with van der Waals surface area (Å²) in [5.41, 5.74) is 7.81. The Morgan fingerprint density at radius 2 is 1.85 bits per heavy atom. The van der Waals surface area contributed by atoms with E-state index in [4.69, 9.17) is 37.9 Å². The van der Waals surface area contributed by atoms with Gasteiger partial charge in [0, 0.05) is 5.56 Å². The van der Waals surface area contributed by atoms with E-state index in [-0.39, 0.29) is 5.82 Å². The zero-order valence-corrected chi connectivity index (χ0v) is 12.0. The molecule has 2 N–H and O–H groups in total. The van der Waals surface area contributed by atoms with Crippen LogP contribution in [0.3, 0.4) is 0 Å². The third-order valence-corrected chi connectivity index (χ3v) is 3.55. The molecule has 0 saturated carbocycles. The first-order valence-corrected chi connectivity index (χ1v) is 6.58. The van der Waals surface area contributed by atoms with Crippen LogP contribution in [-0.2, 0) is 0 Å². The second-order valence-corrected chi connectivity index (χ2v) is 5.13. The fraction of sp³-hybridized carbons (Fsp3) is 0.0714. The Hall–Kier alpha value is -1.91. The lowest BCUT2D eigenvalue weighted by Crippen LogP contribution is -1.90. The summed E-state index contributed by atoms with van der Waals surface area (Å²) in [6, 6.07) is 7.06. The number of halogens is 2. The fourth-order valence-corrected chi connectivity index (χ4v) is 2.63. The minimum atomic E-state index is 0.230. The van der Waals surface area contributed by atoms with Gasteiger partial charge in [-0.1, -0.05) is 34.4 Å². The lowest BCUT2D eigenvalue weighted by molar-refractivity contribution is 0.435. The van der Waals surface area contributed by atoms with Crippen LogP contribution in [0, 0.1) is 6.92 Å². The number of nitrogens with two attached hydrogens (primary N) is 1. The Balaban J connectivity index is 2.27. The van der Waals surface area contributed by atoms with Crippen molar-refractivity contribution in [1.29, 1.82) is 0 Å². The number of hydrogen-bond acceptors (Lipinski definition) is 4. The fourth-order valence-electron chi connectivity index (χ4n) is 2.04. The van der Waals surface area contributed by atoms with E-state index in [2.05, 4.69) is 5.16 Å². The van der Waals surface area contributed by atoms with E-state index in [1.807, 2.05) is 13.0 Å². The van der Waals surface area contributed by atoms with Crippen molar-refractivity contribution in [1.82, 2.24) is 5.16 Å². The molecule has 4 nitrogen and oxygen atoms in total. The normalized spacial score (nSPS) is 10.9. The summed E-state index contributed by atoms with van der Waals surface area (Å²) >= 11 is 12.4. The van der Waals surface area contributed by atoms with E-state index < -0.39 is 0 Å². The number of benzene rings is 1. The maximum absolute atomic E-state index is 6.22.